The number of nitrogens with zero attached hydrogens (tertiary/aromatic N) is 2. The Kier molecular flexibility index (Phi) is 4.87. The van der Waals surface area contributed by atoms with Crippen LogP contribution >= 0.6 is 0 Å². The van der Waals surface area contributed by atoms with Gasteiger partial charge >= 0.3 is 6.18 Å². The van der Waals surface area contributed by atoms with Gasteiger partial charge in [0.2, 0.25) is 10.0 Å². The van der Waals surface area contributed by atoms with Crippen molar-refractivity contribution in [1.82, 2.24) is 4.98 Å². The second-order valence-corrected chi connectivity index (χ2v) is 8.63. The van der Waals surface area contributed by atoms with Gasteiger partial charge in [0.15, 0.2) is 0 Å². The average Bonchev–Trinajstić information content (AvgIpc) is 2.50. The van der Waals surface area contributed by atoms with E-state index in [0.29, 0.717) is 30.6 Å². The molecular weight excluding hydrogens is 367 g/mol. The Balaban J connectivity index is 2.02. The number of nitrogens with two attached hydrogens (primary N) is 1. The first kappa shape index (κ1) is 18.9. The first-order valence-corrected chi connectivity index (χ1v) is 9.96. The molecule has 0 aliphatic carbocycles. The Bertz CT molecular complexity index is 915. The van der Waals surface area contributed by atoms with Crippen molar-refractivity contribution in [2.24, 2.45) is 17.0 Å². The third-order valence-electron chi connectivity index (χ3n) is 4.61. The Morgan fingerprint density at radius 1 is 1.27 bits per heavy atom. The zero-order chi connectivity index (χ0) is 19.1. The van der Waals surface area contributed by atoms with E-state index in [0.717, 1.165) is 6.07 Å². The van der Waals surface area contributed by atoms with Crippen LogP contribution in [0.2, 0.25) is 0 Å². The molecule has 1 saturated heterocycles. The fourth-order valence-electron chi connectivity index (χ4n) is 3.79. The number of hydrogen-bond acceptors (Lipinski definition) is 4. The van der Waals surface area contributed by atoms with Gasteiger partial charge in [-0.05, 0) is 42.5 Å². The van der Waals surface area contributed by atoms with Crippen LogP contribution in [0.4, 0.5) is 18.9 Å². The molecule has 9 heteroatoms. The molecule has 3 rings (SSSR count). The predicted molar refractivity (Wildman–Crippen MR) is 94.2 cm³/mol. The quantitative estimate of drug-likeness (QED) is 0.878. The van der Waals surface area contributed by atoms with Crippen molar-refractivity contribution in [2.45, 2.75) is 19.5 Å². The van der Waals surface area contributed by atoms with Crippen LogP contribution in [0.15, 0.2) is 30.5 Å². The zero-order valence-electron chi connectivity index (χ0n) is 14.2. The van der Waals surface area contributed by atoms with E-state index in [1.54, 1.807) is 12.1 Å². The molecule has 1 fully saturated rings. The van der Waals surface area contributed by atoms with Crippen LogP contribution in [0.5, 0.6) is 0 Å². The van der Waals surface area contributed by atoms with E-state index in [4.69, 9.17) is 5.14 Å². The maximum Gasteiger partial charge on any atom is 0.418 e. The van der Waals surface area contributed by atoms with E-state index >= 15 is 0 Å². The lowest BCUT2D eigenvalue weighted by Gasteiger charge is -2.38. The van der Waals surface area contributed by atoms with Crippen LogP contribution in [-0.4, -0.2) is 32.2 Å². The average molecular weight is 387 g/mol. The fourth-order valence-corrected chi connectivity index (χ4v) is 4.69. The van der Waals surface area contributed by atoms with Gasteiger partial charge in [0.05, 0.1) is 16.8 Å². The van der Waals surface area contributed by atoms with Gasteiger partial charge in [-0.1, -0.05) is 6.92 Å². The maximum atomic E-state index is 13.3. The molecule has 1 aliphatic rings. The minimum absolute atomic E-state index is 0.0984. The minimum Gasteiger partial charge on any atom is -0.370 e. The summed E-state index contributed by atoms with van der Waals surface area (Å²) in [6.07, 6.45) is -2.44. The molecule has 142 valence electrons. The number of hydrogen-bond donors (Lipinski definition) is 1. The van der Waals surface area contributed by atoms with Gasteiger partial charge in [0.25, 0.3) is 0 Å². The Morgan fingerprint density at radius 3 is 2.65 bits per heavy atom. The predicted octanol–water partition coefficient (Wildman–Crippen LogP) is 3.00. The summed E-state index contributed by atoms with van der Waals surface area (Å²) in [4.78, 5) is 5.88. The number of halogens is 3. The first-order valence-electron chi connectivity index (χ1n) is 8.25. The summed E-state index contributed by atoms with van der Waals surface area (Å²) in [5.41, 5.74) is -0.242. The topological polar surface area (TPSA) is 76.3 Å². The summed E-state index contributed by atoms with van der Waals surface area (Å²) in [6.45, 7) is 3.05. The summed E-state index contributed by atoms with van der Waals surface area (Å²) in [5, 5.41) is 5.58. The number of pyridine rings is 1. The van der Waals surface area contributed by atoms with Gasteiger partial charge in [-0.3, -0.25) is 4.98 Å². The SMILES string of the molecule is C[C@H]1C[C@@H](CS(N)(=O)=O)CN(c2ccc(C(F)(F)F)c3ncccc23)C1. The van der Waals surface area contributed by atoms with E-state index in [9.17, 15) is 21.6 Å². The van der Waals surface area contributed by atoms with E-state index in [-0.39, 0.29) is 23.1 Å². The van der Waals surface area contributed by atoms with E-state index in [1.807, 2.05) is 11.8 Å². The molecule has 26 heavy (non-hydrogen) atoms. The van der Waals surface area contributed by atoms with Crippen LogP contribution in [0.1, 0.15) is 18.9 Å². The van der Waals surface area contributed by atoms with Crippen LogP contribution < -0.4 is 10.0 Å². The smallest absolute Gasteiger partial charge is 0.370 e. The molecule has 2 heterocycles. The van der Waals surface area contributed by atoms with Gasteiger partial charge < -0.3 is 4.90 Å². The zero-order valence-corrected chi connectivity index (χ0v) is 15.0. The third-order valence-corrected chi connectivity index (χ3v) is 5.54. The van der Waals surface area contributed by atoms with Gasteiger partial charge in [-0.25, -0.2) is 13.6 Å². The van der Waals surface area contributed by atoms with Crippen molar-refractivity contribution < 1.29 is 21.6 Å². The van der Waals surface area contributed by atoms with E-state index < -0.39 is 21.8 Å². The Morgan fingerprint density at radius 2 is 2.00 bits per heavy atom. The Hall–Kier alpha value is -1.87. The number of rotatable bonds is 3. The Labute approximate surface area is 150 Å². The van der Waals surface area contributed by atoms with Crippen LogP contribution in [-0.2, 0) is 16.2 Å². The van der Waals surface area contributed by atoms with Crippen LogP contribution in [0, 0.1) is 11.8 Å². The number of aromatic nitrogens is 1. The second-order valence-electron chi connectivity index (χ2n) is 6.97. The monoisotopic (exact) mass is 387 g/mol. The highest BCUT2D eigenvalue weighted by atomic mass is 32.2. The molecule has 0 unspecified atom stereocenters. The summed E-state index contributed by atoms with van der Waals surface area (Å²) < 4.78 is 62.7. The lowest BCUT2D eigenvalue weighted by atomic mass is 9.91. The van der Waals surface area contributed by atoms with Crippen molar-refractivity contribution >= 4 is 26.6 Å². The number of anilines is 1. The number of benzene rings is 1. The number of piperidine rings is 1. The molecule has 0 bridgehead atoms. The highest BCUT2D eigenvalue weighted by molar-refractivity contribution is 7.89. The molecular formula is C17H20F3N3O2S. The molecule has 1 aromatic carbocycles. The molecule has 5 nitrogen and oxygen atoms in total. The van der Waals surface area contributed by atoms with Crippen molar-refractivity contribution in [1.29, 1.82) is 0 Å². The first-order chi connectivity index (χ1) is 12.0. The molecule has 1 aliphatic heterocycles. The molecule has 2 atom stereocenters. The normalized spacial score (nSPS) is 22.0. The lowest BCUT2D eigenvalue weighted by molar-refractivity contribution is -0.136. The van der Waals surface area contributed by atoms with E-state index in [1.165, 1.54) is 12.3 Å². The summed E-state index contributed by atoms with van der Waals surface area (Å²) in [6, 6.07) is 5.69. The molecule has 2 N–H and O–H groups in total. The van der Waals surface area contributed by atoms with Crippen molar-refractivity contribution in [3.05, 3.63) is 36.0 Å². The largest absolute Gasteiger partial charge is 0.418 e. The van der Waals surface area contributed by atoms with Gasteiger partial charge in [-0.15, -0.1) is 0 Å². The van der Waals surface area contributed by atoms with Crippen LogP contribution in [0.3, 0.4) is 0 Å². The minimum atomic E-state index is -4.49. The highest BCUT2D eigenvalue weighted by Gasteiger charge is 2.35. The molecule has 1 aromatic heterocycles. The second kappa shape index (κ2) is 6.70. The number of alkyl halides is 3. The summed E-state index contributed by atoms with van der Waals surface area (Å²) in [7, 11) is -3.61. The van der Waals surface area contributed by atoms with Gasteiger partial charge in [0, 0.05) is 30.4 Å². The fraction of sp³-hybridized carbons (Fsp3) is 0.471. The number of sulfonamides is 1. The number of primary sulfonamides is 1. The van der Waals surface area contributed by atoms with Gasteiger partial charge in [0.1, 0.15) is 0 Å². The van der Waals surface area contributed by atoms with Crippen molar-refractivity contribution in [3.8, 4) is 0 Å². The number of fused-ring (bicyclic) bond motifs is 1. The molecule has 0 amide bonds. The third kappa shape index (κ3) is 4.09. The molecule has 0 spiro atoms. The maximum absolute atomic E-state index is 13.3. The van der Waals surface area contributed by atoms with E-state index in [2.05, 4.69) is 4.98 Å². The highest BCUT2D eigenvalue weighted by Crippen LogP contribution is 2.39. The standard InChI is InChI=1S/C17H20F3N3O2S/c1-11-7-12(10-26(21,24)25)9-23(8-11)15-5-4-14(17(18,19)20)16-13(15)3-2-6-22-16/h2-6,11-12H,7-10H2,1H3,(H2,21,24,25)/t11-,12+/m0/s1. The van der Waals surface area contributed by atoms with Crippen molar-refractivity contribution in [3.63, 3.8) is 0 Å². The summed E-state index contributed by atoms with van der Waals surface area (Å²) >= 11 is 0. The van der Waals surface area contributed by atoms with Crippen molar-refractivity contribution in [2.75, 3.05) is 23.7 Å². The molecule has 0 radical (unpaired) electrons. The molecule has 2 aromatic rings. The van der Waals surface area contributed by atoms with Gasteiger partial charge in [-0.2, -0.15) is 13.2 Å². The summed E-state index contributed by atoms with van der Waals surface area (Å²) in [5.74, 6) is -0.0998. The van der Waals surface area contributed by atoms with Crippen LogP contribution in [0.25, 0.3) is 10.9 Å². The molecule has 0 saturated carbocycles. The lowest BCUT2D eigenvalue weighted by Crippen LogP contribution is -2.43.